The van der Waals surface area contributed by atoms with E-state index in [9.17, 15) is 13.2 Å². The van der Waals surface area contributed by atoms with E-state index in [1.165, 1.54) is 4.31 Å². The molecule has 3 rings (SSSR count). The molecule has 0 spiro atoms. The molecule has 0 saturated heterocycles. The minimum atomic E-state index is -3.66. The van der Waals surface area contributed by atoms with Crippen molar-refractivity contribution >= 4 is 21.6 Å². The number of carbonyl (C=O) groups excluding carboxylic acids is 1. The molecule has 0 aromatic heterocycles. The van der Waals surface area contributed by atoms with Crippen LogP contribution in [-0.2, 0) is 14.8 Å². The SMILES string of the molecule is Cc1cccc(N([C@@H](C)C(=O)N[C@@H]2CC(C)(C)Oc3ccc(C)cc32)S(C)(=O)=O)c1. The summed E-state index contributed by atoms with van der Waals surface area (Å²) in [6.07, 6.45) is 1.71. The lowest BCUT2D eigenvalue weighted by Crippen LogP contribution is -2.50. The quantitative estimate of drug-likeness (QED) is 0.781. The number of aryl methyl sites for hydroxylation is 2. The Labute approximate surface area is 179 Å². The summed E-state index contributed by atoms with van der Waals surface area (Å²) in [6, 6.07) is 11.9. The number of rotatable bonds is 5. The largest absolute Gasteiger partial charge is 0.487 e. The van der Waals surface area contributed by atoms with E-state index in [1.54, 1.807) is 25.1 Å². The Morgan fingerprint density at radius 1 is 1.17 bits per heavy atom. The fraction of sp³-hybridized carbons (Fsp3) is 0.435. The van der Waals surface area contributed by atoms with Gasteiger partial charge in [0.15, 0.2) is 0 Å². The summed E-state index contributed by atoms with van der Waals surface area (Å²) >= 11 is 0. The first-order valence-electron chi connectivity index (χ1n) is 10.0. The molecule has 1 amide bonds. The highest BCUT2D eigenvalue weighted by molar-refractivity contribution is 7.92. The van der Waals surface area contributed by atoms with Crippen LogP contribution in [-0.4, -0.2) is 32.2 Å². The summed E-state index contributed by atoms with van der Waals surface area (Å²) in [4.78, 5) is 13.2. The molecule has 1 aliphatic heterocycles. The fourth-order valence-electron chi connectivity index (χ4n) is 3.97. The predicted molar refractivity (Wildman–Crippen MR) is 119 cm³/mol. The first-order valence-corrected chi connectivity index (χ1v) is 11.9. The van der Waals surface area contributed by atoms with Crippen molar-refractivity contribution in [1.82, 2.24) is 5.32 Å². The maximum Gasteiger partial charge on any atom is 0.244 e. The van der Waals surface area contributed by atoms with Crippen molar-refractivity contribution in [1.29, 1.82) is 0 Å². The van der Waals surface area contributed by atoms with Gasteiger partial charge in [-0.05, 0) is 58.4 Å². The molecule has 0 saturated carbocycles. The van der Waals surface area contributed by atoms with Crippen LogP contribution in [0.2, 0.25) is 0 Å². The van der Waals surface area contributed by atoms with Gasteiger partial charge in [0, 0.05) is 12.0 Å². The molecule has 0 bridgehead atoms. The topological polar surface area (TPSA) is 75.7 Å². The van der Waals surface area contributed by atoms with E-state index in [4.69, 9.17) is 4.74 Å². The van der Waals surface area contributed by atoms with Crippen LogP contribution in [0.25, 0.3) is 0 Å². The molecule has 0 aliphatic carbocycles. The summed E-state index contributed by atoms with van der Waals surface area (Å²) in [5, 5.41) is 3.07. The molecule has 162 valence electrons. The number of ether oxygens (including phenoxy) is 1. The second-order valence-electron chi connectivity index (χ2n) is 8.74. The molecule has 1 aliphatic rings. The molecule has 2 atom stereocenters. The molecule has 0 unspecified atom stereocenters. The van der Waals surface area contributed by atoms with Crippen molar-refractivity contribution in [3.63, 3.8) is 0 Å². The minimum Gasteiger partial charge on any atom is -0.487 e. The maximum atomic E-state index is 13.2. The monoisotopic (exact) mass is 430 g/mol. The van der Waals surface area contributed by atoms with Crippen LogP contribution in [0.3, 0.4) is 0 Å². The Balaban J connectivity index is 1.91. The summed E-state index contributed by atoms with van der Waals surface area (Å²) in [5.74, 6) is 0.394. The Bertz CT molecular complexity index is 1060. The highest BCUT2D eigenvalue weighted by Gasteiger charge is 2.37. The molecular weight excluding hydrogens is 400 g/mol. The smallest absolute Gasteiger partial charge is 0.244 e. The van der Waals surface area contributed by atoms with Crippen molar-refractivity contribution in [2.24, 2.45) is 0 Å². The van der Waals surface area contributed by atoms with Crippen LogP contribution in [0.15, 0.2) is 42.5 Å². The molecule has 7 heteroatoms. The number of fused-ring (bicyclic) bond motifs is 1. The summed E-state index contributed by atoms with van der Waals surface area (Å²) in [5.41, 5.74) is 2.93. The maximum absolute atomic E-state index is 13.2. The van der Waals surface area contributed by atoms with Gasteiger partial charge in [-0.2, -0.15) is 0 Å². The summed E-state index contributed by atoms with van der Waals surface area (Å²) < 4.78 is 32.4. The van der Waals surface area contributed by atoms with Crippen LogP contribution in [0, 0.1) is 13.8 Å². The predicted octanol–water partition coefficient (Wildman–Crippen LogP) is 3.88. The van der Waals surface area contributed by atoms with Crippen LogP contribution in [0.5, 0.6) is 5.75 Å². The van der Waals surface area contributed by atoms with Crippen LogP contribution in [0.1, 0.15) is 49.9 Å². The highest BCUT2D eigenvalue weighted by Crippen LogP contribution is 2.40. The number of hydrogen-bond acceptors (Lipinski definition) is 4. The van der Waals surface area contributed by atoms with Gasteiger partial charge in [0.2, 0.25) is 15.9 Å². The van der Waals surface area contributed by atoms with E-state index in [0.717, 1.165) is 28.7 Å². The number of nitrogens with zero attached hydrogens (tertiary/aromatic N) is 1. The number of carbonyl (C=O) groups is 1. The zero-order valence-electron chi connectivity index (χ0n) is 18.4. The standard InChI is InChI=1S/C23H30N2O4S/c1-15-8-7-9-18(12-15)25(30(6,27)28)17(3)22(26)24-20-14-23(4,5)29-21-11-10-16(2)13-19(20)21/h7-13,17,20H,14H2,1-6H3,(H,24,26)/t17-,20+/m0/s1. The number of amides is 1. The van der Waals surface area contributed by atoms with E-state index in [0.29, 0.717) is 12.1 Å². The molecule has 2 aromatic carbocycles. The van der Waals surface area contributed by atoms with Gasteiger partial charge in [-0.3, -0.25) is 9.10 Å². The highest BCUT2D eigenvalue weighted by atomic mass is 32.2. The average Bonchev–Trinajstić information content (AvgIpc) is 2.60. The number of sulfonamides is 1. The normalized spacial score (nSPS) is 18.7. The molecule has 2 aromatic rings. The van der Waals surface area contributed by atoms with Crippen molar-refractivity contribution < 1.29 is 17.9 Å². The van der Waals surface area contributed by atoms with E-state index in [2.05, 4.69) is 5.32 Å². The van der Waals surface area contributed by atoms with E-state index in [-0.39, 0.29) is 11.9 Å². The third-order valence-electron chi connectivity index (χ3n) is 5.28. The van der Waals surface area contributed by atoms with Gasteiger partial charge in [-0.25, -0.2) is 8.42 Å². The molecule has 30 heavy (non-hydrogen) atoms. The molecule has 1 heterocycles. The summed E-state index contributed by atoms with van der Waals surface area (Å²) in [6.45, 7) is 9.45. The van der Waals surface area contributed by atoms with Gasteiger partial charge in [-0.1, -0.05) is 29.8 Å². The van der Waals surface area contributed by atoms with Crippen molar-refractivity contribution in [2.75, 3.05) is 10.6 Å². The third-order valence-corrected chi connectivity index (χ3v) is 6.53. The second-order valence-corrected chi connectivity index (χ2v) is 10.6. The van der Waals surface area contributed by atoms with Crippen molar-refractivity contribution in [3.8, 4) is 5.75 Å². The van der Waals surface area contributed by atoms with Gasteiger partial charge in [0.1, 0.15) is 17.4 Å². The van der Waals surface area contributed by atoms with Gasteiger partial charge < -0.3 is 10.1 Å². The lowest BCUT2D eigenvalue weighted by Gasteiger charge is -2.39. The Morgan fingerprint density at radius 3 is 2.47 bits per heavy atom. The Morgan fingerprint density at radius 2 is 1.83 bits per heavy atom. The Hall–Kier alpha value is -2.54. The second kappa shape index (κ2) is 7.95. The van der Waals surface area contributed by atoms with Crippen LogP contribution < -0.4 is 14.4 Å². The molecule has 6 nitrogen and oxygen atoms in total. The van der Waals surface area contributed by atoms with Gasteiger partial charge in [-0.15, -0.1) is 0 Å². The number of hydrogen-bond donors (Lipinski definition) is 1. The lowest BCUT2D eigenvalue weighted by molar-refractivity contribution is -0.123. The zero-order valence-corrected chi connectivity index (χ0v) is 19.2. The van der Waals surface area contributed by atoms with E-state index in [1.807, 2.05) is 52.0 Å². The first-order chi connectivity index (χ1) is 13.9. The number of anilines is 1. The van der Waals surface area contributed by atoms with Crippen LogP contribution in [0.4, 0.5) is 5.69 Å². The number of benzene rings is 2. The first kappa shape index (κ1) is 22.2. The van der Waals surface area contributed by atoms with Gasteiger partial charge in [0.05, 0.1) is 18.0 Å². The molecule has 0 fully saturated rings. The lowest BCUT2D eigenvalue weighted by atomic mass is 9.89. The fourth-order valence-corrected chi connectivity index (χ4v) is 5.14. The van der Waals surface area contributed by atoms with Gasteiger partial charge in [0.25, 0.3) is 0 Å². The van der Waals surface area contributed by atoms with E-state index < -0.39 is 21.7 Å². The van der Waals surface area contributed by atoms with Gasteiger partial charge >= 0.3 is 0 Å². The number of nitrogens with one attached hydrogen (secondary N) is 1. The molecule has 1 N–H and O–H groups in total. The minimum absolute atomic E-state index is 0.266. The Kier molecular flexibility index (Phi) is 5.87. The molecular formula is C23H30N2O4S. The zero-order chi connectivity index (χ0) is 22.3. The van der Waals surface area contributed by atoms with E-state index >= 15 is 0 Å². The van der Waals surface area contributed by atoms with Crippen LogP contribution >= 0.6 is 0 Å². The average molecular weight is 431 g/mol. The van der Waals surface area contributed by atoms with Crippen molar-refractivity contribution in [3.05, 3.63) is 59.2 Å². The molecule has 0 radical (unpaired) electrons. The summed E-state index contributed by atoms with van der Waals surface area (Å²) in [7, 11) is -3.66. The van der Waals surface area contributed by atoms with Crippen molar-refractivity contribution in [2.45, 2.75) is 58.7 Å². The third kappa shape index (κ3) is 4.78.